The number of hydrogen-bond donors (Lipinski definition) is 2. The van der Waals surface area contributed by atoms with Crippen molar-refractivity contribution in [3.05, 3.63) is 28.5 Å². The molecule has 4 rings (SSSR count). The SMILES string of the molecule is CCOc1ccccc1S(=O)(=O)[N+]#CC(C(=O)N1C[C@H]2[C@@H]([C@H]1C(=O)N[C@H](C#N)C[C@@H]1CCNC1=O)C2(C)C)C(C)(C)C. The minimum Gasteiger partial charge on any atom is -0.492 e. The lowest BCUT2D eigenvalue weighted by Crippen LogP contribution is -2.54. The smallest absolute Gasteiger partial charge is 0.492 e. The molecule has 0 spiro atoms. The topological polar surface area (TPSA) is 150 Å². The second kappa shape index (κ2) is 11.6. The van der Waals surface area contributed by atoms with Gasteiger partial charge in [0.1, 0.15) is 17.8 Å². The molecule has 3 aliphatic rings. The van der Waals surface area contributed by atoms with E-state index in [2.05, 4.69) is 27.0 Å². The van der Waals surface area contributed by atoms with Gasteiger partial charge in [-0.2, -0.15) is 5.26 Å². The van der Waals surface area contributed by atoms with Crippen molar-refractivity contribution in [2.45, 2.75) is 71.4 Å². The molecule has 1 aromatic carbocycles. The number of nitriles is 1. The highest BCUT2D eigenvalue weighted by Gasteiger charge is 2.70. The predicted molar refractivity (Wildman–Crippen MR) is 155 cm³/mol. The maximum atomic E-state index is 14.1. The van der Waals surface area contributed by atoms with E-state index >= 15 is 0 Å². The zero-order valence-electron chi connectivity index (χ0n) is 25.0. The number of nitrogens with zero attached hydrogens (tertiary/aromatic N) is 3. The number of carbonyl (C=O) groups is 3. The van der Waals surface area contributed by atoms with Gasteiger partial charge in [-0.15, -0.1) is 8.42 Å². The van der Waals surface area contributed by atoms with Crippen molar-refractivity contribution in [2.75, 3.05) is 19.7 Å². The van der Waals surface area contributed by atoms with Crippen LogP contribution in [0.15, 0.2) is 29.2 Å². The normalized spacial score (nSPS) is 25.6. The van der Waals surface area contributed by atoms with Crippen LogP contribution >= 0.6 is 0 Å². The monoisotopic (exact) mass is 598 g/mol. The molecule has 1 saturated carbocycles. The van der Waals surface area contributed by atoms with Crippen molar-refractivity contribution in [1.29, 1.82) is 5.26 Å². The van der Waals surface area contributed by atoms with Gasteiger partial charge in [-0.3, -0.25) is 14.4 Å². The number of carbonyl (C=O) groups excluding carboxylic acids is 3. The summed E-state index contributed by atoms with van der Waals surface area (Å²) in [6, 6.07) is 9.13. The van der Waals surface area contributed by atoms with Crippen molar-refractivity contribution in [2.24, 2.45) is 34.5 Å². The van der Waals surface area contributed by atoms with Crippen molar-refractivity contribution >= 4 is 27.7 Å². The Hall–Kier alpha value is -3.64. The molecule has 11 nitrogen and oxygen atoms in total. The number of benzene rings is 1. The molecule has 3 fully saturated rings. The Morgan fingerprint density at radius 1 is 1.29 bits per heavy atom. The Morgan fingerprint density at radius 3 is 2.57 bits per heavy atom. The third-order valence-corrected chi connectivity index (χ3v) is 10.00. The second-order valence-electron chi connectivity index (χ2n) is 13.0. The van der Waals surface area contributed by atoms with Crippen LogP contribution in [-0.4, -0.2) is 62.8 Å². The van der Waals surface area contributed by atoms with Gasteiger partial charge in [0.15, 0.2) is 10.8 Å². The van der Waals surface area contributed by atoms with E-state index in [-0.39, 0.29) is 52.7 Å². The molecule has 2 saturated heterocycles. The van der Waals surface area contributed by atoms with Gasteiger partial charge in [0.05, 0.1) is 16.9 Å². The molecule has 2 aliphatic heterocycles. The number of likely N-dealkylation sites (tertiary alicyclic amines) is 1. The third-order valence-electron chi connectivity index (χ3n) is 8.76. The molecule has 2 heterocycles. The summed E-state index contributed by atoms with van der Waals surface area (Å²) in [5.41, 5.74) is -0.947. The number of para-hydroxylation sites is 1. The van der Waals surface area contributed by atoms with Crippen molar-refractivity contribution in [3.63, 3.8) is 0 Å². The van der Waals surface area contributed by atoms with E-state index in [0.29, 0.717) is 19.5 Å². The summed E-state index contributed by atoms with van der Waals surface area (Å²) in [5, 5.41) is 15.3. The van der Waals surface area contributed by atoms with Crippen LogP contribution < -0.4 is 15.4 Å². The number of ether oxygens (including phenoxy) is 1. The molecule has 1 aliphatic carbocycles. The zero-order chi connectivity index (χ0) is 31.0. The van der Waals surface area contributed by atoms with E-state index in [0.717, 1.165) is 0 Å². The van der Waals surface area contributed by atoms with Crippen molar-refractivity contribution in [1.82, 2.24) is 15.5 Å². The molecule has 0 aromatic heterocycles. The third kappa shape index (κ3) is 6.10. The molecule has 12 heteroatoms. The zero-order valence-corrected chi connectivity index (χ0v) is 25.8. The first kappa shape index (κ1) is 31.3. The molecule has 42 heavy (non-hydrogen) atoms. The fraction of sp³-hybridized carbons (Fsp3) is 0.633. The standard InChI is InChI=1S/C30H39N5O6S/c1-7-41-22-10-8-9-11-23(22)42(39,40)33-16-20(29(2,3)4)28(38)35-17-21-24(30(21,5)6)25(35)27(37)34-19(15-31)14-18-12-13-32-26(18)36/h8-11,18-21,24-25H,7,12-14,17H2,1-6H3,(H-,32,34,36,37)/p+1/t18-,19-,20?,21-,24-,25-/m0/s1. The first-order valence-corrected chi connectivity index (χ1v) is 15.8. The summed E-state index contributed by atoms with van der Waals surface area (Å²) in [4.78, 5) is 41.2. The van der Waals surface area contributed by atoms with Gasteiger partial charge in [0.25, 0.3) is 0 Å². The van der Waals surface area contributed by atoms with Crippen LogP contribution in [0.5, 0.6) is 5.75 Å². The number of rotatable bonds is 8. The predicted octanol–water partition coefficient (Wildman–Crippen LogP) is 2.79. The lowest BCUT2D eigenvalue weighted by molar-refractivity contribution is -0.144. The van der Waals surface area contributed by atoms with Crippen LogP contribution in [0.2, 0.25) is 0 Å². The molecule has 0 radical (unpaired) electrons. The molecule has 2 N–H and O–H groups in total. The second-order valence-corrected chi connectivity index (χ2v) is 14.5. The van der Waals surface area contributed by atoms with Crippen LogP contribution in [0.4, 0.5) is 0 Å². The molecule has 6 atom stereocenters. The van der Waals surface area contributed by atoms with Gasteiger partial charge in [-0.1, -0.05) is 46.8 Å². The van der Waals surface area contributed by atoms with E-state index < -0.39 is 45.3 Å². The Balaban J connectivity index is 1.60. The van der Waals surface area contributed by atoms with Crippen LogP contribution in [0.25, 0.3) is 4.25 Å². The number of hydrogen-bond acceptors (Lipinski definition) is 7. The lowest BCUT2D eigenvalue weighted by atomic mass is 9.80. The summed E-state index contributed by atoms with van der Waals surface area (Å²) in [6.07, 6.45) is 0.789. The van der Waals surface area contributed by atoms with Crippen LogP contribution in [0.3, 0.4) is 0 Å². The maximum Gasteiger partial charge on any atom is 0.514 e. The highest BCUT2D eigenvalue weighted by molar-refractivity contribution is 7.93. The van der Waals surface area contributed by atoms with Crippen molar-refractivity contribution in [3.8, 4) is 17.9 Å². The summed E-state index contributed by atoms with van der Waals surface area (Å²) >= 11 is 0. The average Bonchev–Trinajstić information content (AvgIpc) is 3.26. The molecule has 1 unspecified atom stereocenters. The molecular formula is C30H40N5O6S+. The Morgan fingerprint density at radius 2 is 1.98 bits per heavy atom. The van der Waals surface area contributed by atoms with Crippen LogP contribution in [-0.2, 0) is 24.4 Å². The van der Waals surface area contributed by atoms with Gasteiger partial charge >= 0.3 is 16.1 Å². The number of piperidine rings is 1. The Kier molecular flexibility index (Phi) is 8.62. The van der Waals surface area contributed by atoms with Crippen LogP contribution in [0, 0.1) is 51.9 Å². The average molecular weight is 599 g/mol. The highest BCUT2D eigenvalue weighted by atomic mass is 32.2. The number of nitrogens with one attached hydrogen (secondary N) is 2. The van der Waals surface area contributed by atoms with Gasteiger partial charge in [-0.25, -0.2) is 0 Å². The minimum absolute atomic E-state index is 0.0812. The Bertz CT molecular complexity index is 1460. The Labute approximate surface area is 247 Å². The summed E-state index contributed by atoms with van der Waals surface area (Å²) in [7, 11) is -4.24. The maximum absolute atomic E-state index is 14.1. The largest absolute Gasteiger partial charge is 0.514 e. The van der Waals surface area contributed by atoms with Gasteiger partial charge in [0, 0.05) is 19.0 Å². The van der Waals surface area contributed by atoms with E-state index in [4.69, 9.17) is 4.74 Å². The minimum atomic E-state index is -4.24. The van der Waals surface area contributed by atoms with E-state index in [9.17, 15) is 28.1 Å². The van der Waals surface area contributed by atoms with Gasteiger partial charge < -0.3 is 20.3 Å². The fourth-order valence-corrected chi connectivity index (χ4v) is 7.24. The highest BCUT2D eigenvalue weighted by Crippen LogP contribution is 2.65. The summed E-state index contributed by atoms with van der Waals surface area (Å²) in [5.74, 6) is -2.34. The number of sulfonamides is 1. The number of amides is 3. The van der Waals surface area contributed by atoms with Gasteiger partial charge in [0.2, 0.25) is 17.7 Å². The molecule has 226 valence electrons. The lowest BCUT2D eigenvalue weighted by Gasteiger charge is -2.34. The molecular weight excluding hydrogens is 558 g/mol. The molecule has 0 bridgehead atoms. The van der Waals surface area contributed by atoms with Crippen molar-refractivity contribution < 1.29 is 27.5 Å². The molecule has 3 amide bonds. The summed E-state index contributed by atoms with van der Waals surface area (Å²) in [6.45, 7) is 12.3. The van der Waals surface area contributed by atoms with E-state index in [1.54, 1.807) is 39.8 Å². The van der Waals surface area contributed by atoms with Gasteiger partial charge in [-0.05, 0) is 54.6 Å². The fourth-order valence-electron chi connectivity index (χ4n) is 6.26. The van der Waals surface area contributed by atoms with E-state index in [1.165, 1.54) is 17.0 Å². The summed E-state index contributed by atoms with van der Waals surface area (Å²) < 4.78 is 35.6. The first-order valence-electron chi connectivity index (χ1n) is 14.4. The quantitative estimate of drug-likeness (QED) is 0.467. The number of fused-ring (bicyclic) bond motifs is 1. The van der Waals surface area contributed by atoms with Crippen LogP contribution in [0.1, 0.15) is 54.4 Å². The molecule has 1 aromatic rings. The van der Waals surface area contributed by atoms with E-state index in [1.807, 2.05) is 13.8 Å². The first-order chi connectivity index (χ1) is 19.6.